The van der Waals surface area contributed by atoms with Gasteiger partial charge in [-0.15, -0.1) is 0 Å². The molecule has 2 N–H and O–H groups in total. The fraction of sp³-hybridized carbons (Fsp3) is 0.400. The lowest BCUT2D eigenvalue weighted by Gasteiger charge is -2.04. The smallest absolute Gasteiger partial charge is 0.117 e. The quantitative estimate of drug-likeness (QED) is 0.513. The molecule has 0 amide bonds. The van der Waals surface area contributed by atoms with Gasteiger partial charge in [0.25, 0.3) is 0 Å². The molecule has 0 radical (unpaired) electrons. The Balaban J connectivity index is 0. The highest BCUT2D eigenvalue weighted by atomic mass is 16.5. The van der Waals surface area contributed by atoms with Gasteiger partial charge in [-0.05, 0) is 6.92 Å². The number of allylic oxidation sites excluding steroid dienone is 2. The third-order valence-electron chi connectivity index (χ3n) is 1.09. The molecule has 0 aromatic heterocycles. The van der Waals surface area contributed by atoms with E-state index in [4.69, 9.17) is 14.9 Å². The van der Waals surface area contributed by atoms with Crippen LogP contribution in [0.25, 0.3) is 0 Å². The van der Waals surface area contributed by atoms with Crippen molar-refractivity contribution in [3.8, 4) is 0 Å². The minimum Gasteiger partial charge on any atom is -0.497 e. The van der Waals surface area contributed by atoms with Gasteiger partial charge in [0, 0.05) is 12.2 Å². The van der Waals surface area contributed by atoms with Crippen LogP contribution in [0.3, 0.4) is 0 Å². The van der Waals surface area contributed by atoms with Crippen LogP contribution in [0.15, 0.2) is 36.6 Å². The first-order valence-electron chi connectivity index (χ1n) is 3.94. The van der Waals surface area contributed by atoms with E-state index in [1.807, 2.05) is 0 Å². The Bertz CT molecular complexity index is 171. The predicted octanol–water partition coefficient (Wildman–Crippen LogP) is 1.25. The van der Waals surface area contributed by atoms with Crippen molar-refractivity contribution in [3.05, 3.63) is 36.6 Å². The molecule has 0 fully saturated rings. The molecule has 0 saturated heterocycles. The molecule has 0 aliphatic heterocycles. The molecule has 3 nitrogen and oxygen atoms in total. The molecule has 0 saturated carbocycles. The Morgan fingerprint density at radius 3 is 2.15 bits per heavy atom. The molecule has 0 bridgehead atoms. The van der Waals surface area contributed by atoms with E-state index >= 15 is 0 Å². The van der Waals surface area contributed by atoms with Gasteiger partial charge in [-0.3, -0.25) is 0 Å². The maximum Gasteiger partial charge on any atom is 0.117 e. The van der Waals surface area contributed by atoms with Gasteiger partial charge in [0.05, 0.1) is 13.7 Å². The zero-order chi connectivity index (χ0) is 10.7. The summed E-state index contributed by atoms with van der Waals surface area (Å²) in [6.07, 6.45) is 3.24. The van der Waals surface area contributed by atoms with Crippen molar-refractivity contribution in [2.75, 3.05) is 20.3 Å². The van der Waals surface area contributed by atoms with Crippen LogP contribution in [0.5, 0.6) is 0 Å². The lowest BCUT2D eigenvalue weighted by atomic mass is 10.2. The van der Waals surface area contributed by atoms with Crippen molar-refractivity contribution in [3.63, 3.8) is 0 Å². The van der Waals surface area contributed by atoms with Crippen LogP contribution in [0.4, 0.5) is 0 Å². The van der Waals surface area contributed by atoms with E-state index in [0.29, 0.717) is 11.3 Å². The summed E-state index contributed by atoms with van der Waals surface area (Å²) in [5, 5.41) is 16.3. The van der Waals surface area contributed by atoms with E-state index in [9.17, 15) is 0 Å². The van der Waals surface area contributed by atoms with Crippen LogP contribution in [0.2, 0.25) is 0 Å². The predicted molar refractivity (Wildman–Crippen MR) is 54.3 cm³/mol. The number of methoxy groups -OCH3 is 1. The minimum absolute atomic E-state index is 0.0707. The van der Waals surface area contributed by atoms with Crippen LogP contribution >= 0.6 is 0 Å². The molecule has 0 atom stereocenters. The molecule has 0 spiro atoms. The highest BCUT2D eigenvalue weighted by molar-refractivity contribution is 5.26. The number of hydrogen-bond donors (Lipinski definition) is 2. The third kappa shape index (κ3) is 8.85. The Morgan fingerprint density at radius 2 is 1.92 bits per heavy atom. The highest BCUT2D eigenvalue weighted by Gasteiger charge is 1.97. The third-order valence-corrected chi connectivity index (χ3v) is 1.09. The molecule has 0 aromatic carbocycles. The normalized spacial score (nSPS) is 9.69. The molecular weight excluding hydrogens is 168 g/mol. The van der Waals surface area contributed by atoms with Gasteiger partial charge in [0.15, 0.2) is 0 Å². The van der Waals surface area contributed by atoms with Gasteiger partial charge in [-0.2, -0.15) is 0 Å². The summed E-state index contributed by atoms with van der Waals surface area (Å²) in [4.78, 5) is 0. The lowest BCUT2D eigenvalue weighted by Crippen LogP contribution is -1.95. The maximum absolute atomic E-state index is 8.70. The summed E-state index contributed by atoms with van der Waals surface area (Å²) in [6.45, 7) is 8.91. The Kier molecular flexibility index (Phi) is 12.2. The van der Waals surface area contributed by atoms with Gasteiger partial charge in [0.2, 0.25) is 0 Å². The van der Waals surface area contributed by atoms with Gasteiger partial charge in [-0.1, -0.05) is 25.3 Å². The maximum atomic E-state index is 8.70. The number of hydrogen-bond acceptors (Lipinski definition) is 3. The van der Waals surface area contributed by atoms with Crippen molar-refractivity contribution >= 4 is 0 Å². The topological polar surface area (TPSA) is 49.7 Å². The van der Waals surface area contributed by atoms with E-state index in [1.165, 1.54) is 7.11 Å². The molecular formula is C10H18O3. The molecule has 3 heteroatoms. The Hall–Kier alpha value is -1.06. The van der Waals surface area contributed by atoms with Gasteiger partial charge >= 0.3 is 0 Å². The number of aliphatic hydroxyl groups excluding tert-OH is 2. The average Bonchev–Trinajstić information content (AvgIpc) is 2.14. The van der Waals surface area contributed by atoms with Gasteiger partial charge < -0.3 is 14.9 Å². The SMILES string of the molecule is C=C/C=C(/CO)C(=C)OC.CCO. The second-order valence-electron chi connectivity index (χ2n) is 2.03. The molecule has 13 heavy (non-hydrogen) atoms. The summed E-state index contributed by atoms with van der Waals surface area (Å²) in [6, 6.07) is 0. The molecule has 0 aromatic rings. The van der Waals surface area contributed by atoms with E-state index in [2.05, 4.69) is 13.2 Å². The number of rotatable bonds is 4. The average molecular weight is 186 g/mol. The van der Waals surface area contributed by atoms with E-state index in [-0.39, 0.29) is 13.2 Å². The Labute approximate surface area is 79.7 Å². The fourth-order valence-corrected chi connectivity index (χ4v) is 0.507. The van der Waals surface area contributed by atoms with Gasteiger partial charge in [0.1, 0.15) is 5.76 Å². The summed E-state index contributed by atoms with van der Waals surface area (Å²) in [5.74, 6) is 0.474. The molecule has 76 valence electrons. The summed E-state index contributed by atoms with van der Waals surface area (Å²) in [7, 11) is 1.51. The molecule has 0 heterocycles. The second kappa shape index (κ2) is 10.9. The van der Waals surface area contributed by atoms with E-state index in [1.54, 1.807) is 19.1 Å². The standard InChI is InChI=1S/C8H12O2.C2H6O/c1-4-5-8(6-9)7(2)10-3;1-2-3/h4-5,9H,1-2,6H2,3H3;3H,2H2,1H3/b8-5-;. The van der Waals surface area contributed by atoms with Crippen LogP contribution in [0.1, 0.15) is 6.92 Å². The monoisotopic (exact) mass is 186 g/mol. The zero-order valence-electron chi connectivity index (χ0n) is 8.29. The largest absolute Gasteiger partial charge is 0.497 e. The first-order chi connectivity index (χ1) is 6.17. The highest BCUT2D eigenvalue weighted by Crippen LogP contribution is 2.06. The molecule has 0 unspecified atom stereocenters. The van der Waals surface area contributed by atoms with Crippen molar-refractivity contribution in [2.24, 2.45) is 0 Å². The van der Waals surface area contributed by atoms with E-state index < -0.39 is 0 Å². The van der Waals surface area contributed by atoms with E-state index in [0.717, 1.165) is 0 Å². The Morgan fingerprint density at radius 1 is 1.46 bits per heavy atom. The van der Waals surface area contributed by atoms with Crippen LogP contribution < -0.4 is 0 Å². The van der Waals surface area contributed by atoms with Crippen molar-refractivity contribution < 1.29 is 14.9 Å². The number of ether oxygens (including phenoxy) is 1. The van der Waals surface area contributed by atoms with Crippen molar-refractivity contribution in [1.82, 2.24) is 0 Å². The van der Waals surface area contributed by atoms with Crippen molar-refractivity contribution in [2.45, 2.75) is 6.92 Å². The molecule has 0 aliphatic carbocycles. The van der Waals surface area contributed by atoms with Crippen LogP contribution in [-0.2, 0) is 4.74 Å². The zero-order valence-corrected chi connectivity index (χ0v) is 8.29. The van der Waals surface area contributed by atoms with Crippen LogP contribution in [-0.4, -0.2) is 30.5 Å². The summed E-state index contributed by atoms with van der Waals surface area (Å²) in [5.41, 5.74) is 0.650. The fourth-order valence-electron chi connectivity index (χ4n) is 0.507. The minimum atomic E-state index is -0.0707. The summed E-state index contributed by atoms with van der Waals surface area (Å²) >= 11 is 0. The number of aliphatic hydroxyl groups is 2. The molecule has 0 rings (SSSR count). The van der Waals surface area contributed by atoms with Gasteiger partial charge in [-0.25, -0.2) is 0 Å². The second-order valence-corrected chi connectivity index (χ2v) is 2.03. The summed E-state index contributed by atoms with van der Waals surface area (Å²) < 4.78 is 4.79. The molecule has 0 aliphatic rings. The first kappa shape index (κ1) is 14.5. The lowest BCUT2D eigenvalue weighted by molar-refractivity contribution is 0.274. The van der Waals surface area contributed by atoms with Crippen molar-refractivity contribution in [1.29, 1.82) is 0 Å². The first-order valence-corrected chi connectivity index (χ1v) is 3.94. The van der Waals surface area contributed by atoms with Crippen LogP contribution in [0, 0.1) is 0 Å².